The minimum absolute atomic E-state index is 0.0666. The monoisotopic (exact) mass is 340 g/mol. The Balaban J connectivity index is 1.81. The molecule has 0 aromatic carbocycles. The fraction of sp³-hybridized carbons (Fsp3) is 0.538. The van der Waals surface area contributed by atoms with Crippen LogP contribution in [-0.2, 0) is 13.6 Å². The van der Waals surface area contributed by atoms with Crippen molar-refractivity contribution in [3.63, 3.8) is 0 Å². The van der Waals surface area contributed by atoms with Crippen LogP contribution in [0.15, 0.2) is 21.5 Å². The highest BCUT2D eigenvalue weighted by Gasteiger charge is 2.37. The molecule has 1 fully saturated rings. The molecule has 2 aromatic heterocycles. The third kappa shape index (κ3) is 2.41. The molecule has 3 rings (SSSR count). The normalized spacial score (nSPS) is 25.9. The van der Waals surface area contributed by atoms with Crippen molar-refractivity contribution < 1.29 is 5.11 Å². The second-order valence-corrected chi connectivity index (χ2v) is 6.67. The summed E-state index contributed by atoms with van der Waals surface area (Å²) in [5, 5.41) is 17.5. The predicted octanol–water partition coefficient (Wildman–Crippen LogP) is 0.798. The van der Waals surface area contributed by atoms with E-state index in [0.717, 1.165) is 17.3 Å². The average Bonchev–Trinajstić information content (AvgIpc) is 2.70. The van der Waals surface area contributed by atoms with Crippen LogP contribution < -0.4 is 10.9 Å². The largest absolute Gasteiger partial charge is 0.390 e. The van der Waals surface area contributed by atoms with Crippen LogP contribution in [0.5, 0.6) is 0 Å². The summed E-state index contributed by atoms with van der Waals surface area (Å²) in [6, 6.07) is 2.05. The third-order valence-electron chi connectivity index (χ3n) is 3.82. The SMILES string of the molecule is Cn1c(CNC2CC(C)(O)C2)nn2cc(Br)cc2c1=O. The van der Waals surface area contributed by atoms with Gasteiger partial charge in [0.2, 0.25) is 0 Å². The quantitative estimate of drug-likeness (QED) is 0.866. The maximum absolute atomic E-state index is 12.2. The maximum Gasteiger partial charge on any atom is 0.277 e. The standard InChI is InChI=1S/C13H17BrN4O2/c1-13(20)4-9(5-13)15-6-11-16-18-7-8(14)3-10(18)12(19)17(11)2/h3,7,9,15,20H,4-6H2,1-2H3. The van der Waals surface area contributed by atoms with E-state index in [1.807, 2.05) is 6.92 Å². The Labute approximate surface area is 124 Å². The first-order valence-corrected chi connectivity index (χ1v) is 7.34. The van der Waals surface area contributed by atoms with Crippen LogP contribution in [0.4, 0.5) is 0 Å². The summed E-state index contributed by atoms with van der Waals surface area (Å²) in [7, 11) is 1.73. The van der Waals surface area contributed by atoms with Crippen LogP contribution in [0.1, 0.15) is 25.6 Å². The van der Waals surface area contributed by atoms with Crippen molar-refractivity contribution in [3.8, 4) is 0 Å². The van der Waals surface area contributed by atoms with E-state index in [1.165, 1.54) is 0 Å². The molecule has 108 valence electrons. The van der Waals surface area contributed by atoms with E-state index in [1.54, 1.807) is 28.4 Å². The number of halogens is 1. The van der Waals surface area contributed by atoms with Gasteiger partial charge in [0.25, 0.3) is 5.56 Å². The van der Waals surface area contributed by atoms with E-state index in [2.05, 4.69) is 26.3 Å². The average molecular weight is 341 g/mol. The molecule has 2 heterocycles. The van der Waals surface area contributed by atoms with Crippen molar-refractivity contribution in [3.05, 3.63) is 32.9 Å². The molecule has 1 aliphatic carbocycles. The minimum atomic E-state index is -0.549. The van der Waals surface area contributed by atoms with Gasteiger partial charge in [-0.2, -0.15) is 5.10 Å². The number of rotatable bonds is 3. The molecule has 1 aliphatic rings. The first-order chi connectivity index (χ1) is 9.35. The molecule has 0 unspecified atom stereocenters. The van der Waals surface area contributed by atoms with E-state index in [9.17, 15) is 9.90 Å². The Hall–Kier alpha value is -1.18. The van der Waals surface area contributed by atoms with Gasteiger partial charge < -0.3 is 10.4 Å². The van der Waals surface area contributed by atoms with Crippen LogP contribution >= 0.6 is 15.9 Å². The molecule has 2 aromatic rings. The highest BCUT2D eigenvalue weighted by molar-refractivity contribution is 9.10. The summed E-state index contributed by atoms with van der Waals surface area (Å²) >= 11 is 3.35. The molecular formula is C13H17BrN4O2. The number of aliphatic hydroxyl groups is 1. The van der Waals surface area contributed by atoms with Crippen LogP contribution in [-0.4, -0.2) is 30.9 Å². The number of aromatic nitrogens is 3. The zero-order valence-electron chi connectivity index (χ0n) is 11.4. The summed E-state index contributed by atoms with van der Waals surface area (Å²) in [5.41, 5.74) is -0.0653. The van der Waals surface area contributed by atoms with E-state index >= 15 is 0 Å². The van der Waals surface area contributed by atoms with Gasteiger partial charge in [-0.05, 0) is 41.8 Å². The first kappa shape index (κ1) is 13.8. The third-order valence-corrected chi connectivity index (χ3v) is 4.26. The molecular weight excluding hydrogens is 324 g/mol. The van der Waals surface area contributed by atoms with Crippen LogP contribution in [0.3, 0.4) is 0 Å². The molecule has 20 heavy (non-hydrogen) atoms. The highest BCUT2D eigenvalue weighted by Crippen LogP contribution is 2.31. The Kier molecular flexibility index (Phi) is 3.23. The lowest BCUT2D eigenvalue weighted by atomic mass is 9.77. The number of nitrogens with zero attached hydrogens (tertiary/aromatic N) is 3. The lowest BCUT2D eigenvalue weighted by molar-refractivity contribution is -0.0395. The smallest absolute Gasteiger partial charge is 0.277 e. The molecule has 0 spiro atoms. The Morgan fingerprint density at radius 1 is 1.60 bits per heavy atom. The minimum Gasteiger partial charge on any atom is -0.390 e. The fourth-order valence-corrected chi connectivity index (χ4v) is 3.09. The van der Waals surface area contributed by atoms with Crippen molar-refractivity contribution in [2.75, 3.05) is 0 Å². The van der Waals surface area contributed by atoms with Gasteiger partial charge in [-0.3, -0.25) is 9.36 Å². The number of hydrogen-bond donors (Lipinski definition) is 2. The van der Waals surface area contributed by atoms with Crippen molar-refractivity contribution in [2.45, 2.75) is 38.0 Å². The van der Waals surface area contributed by atoms with Gasteiger partial charge in [0.15, 0.2) is 0 Å². The first-order valence-electron chi connectivity index (χ1n) is 6.55. The van der Waals surface area contributed by atoms with E-state index < -0.39 is 5.60 Å². The Bertz CT molecular complexity index is 711. The molecule has 6 nitrogen and oxygen atoms in total. The molecule has 1 saturated carbocycles. The van der Waals surface area contributed by atoms with E-state index in [-0.39, 0.29) is 11.6 Å². The van der Waals surface area contributed by atoms with Crippen LogP contribution in [0.2, 0.25) is 0 Å². The van der Waals surface area contributed by atoms with Gasteiger partial charge in [0, 0.05) is 23.8 Å². The van der Waals surface area contributed by atoms with Crippen molar-refractivity contribution in [2.24, 2.45) is 7.05 Å². The molecule has 0 amide bonds. The highest BCUT2D eigenvalue weighted by atomic mass is 79.9. The van der Waals surface area contributed by atoms with Crippen LogP contribution in [0, 0.1) is 0 Å². The summed E-state index contributed by atoms with van der Waals surface area (Å²) in [6.45, 7) is 2.35. The number of fused-ring (bicyclic) bond motifs is 1. The van der Waals surface area contributed by atoms with E-state index in [0.29, 0.717) is 17.9 Å². The second kappa shape index (κ2) is 4.68. The van der Waals surface area contributed by atoms with Gasteiger partial charge >= 0.3 is 0 Å². The van der Waals surface area contributed by atoms with Gasteiger partial charge in [-0.1, -0.05) is 0 Å². The van der Waals surface area contributed by atoms with Crippen molar-refractivity contribution in [1.29, 1.82) is 0 Å². The lowest BCUT2D eigenvalue weighted by Gasteiger charge is -2.41. The van der Waals surface area contributed by atoms with Gasteiger partial charge in [0.05, 0.1) is 12.1 Å². The fourth-order valence-electron chi connectivity index (χ4n) is 2.68. The summed E-state index contributed by atoms with van der Waals surface area (Å²) in [4.78, 5) is 12.2. The lowest BCUT2D eigenvalue weighted by Crippen LogP contribution is -2.51. The zero-order valence-corrected chi connectivity index (χ0v) is 13.0. The van der Waals surface area contributed by atoms with Crippen molar-refractivity contribution >= 4 is 21.4 Å². The van der Waals surface area contributed by atoms with Gasteiger partial charge in [-0.25, -0.2) is 4.52 Å². The summed E-state index contributed by atoms with van der Waals surface area (Å²) < 4.78 is 3.99. The number of hydrogen-bond acceptors (Lipinski definition) is 4. The summed E-state index contributed by atoms with van der Waals surface area (Å²) in [6.07, 6.45) is 3.24. The van der Waals surface area contributed by atoms with Gasteiger partial charge in [-0.15, -0.1) is 0 Å². The molecule has 0 atom stereocenters. The Morgan fingerprint density at radius 3 is 2.95 bits per heavy atom. The summed E-state index contributed by atoms with van der Waals surface area (Å²) in [5.74, 6) is 0.678. The maximum atomic E-state index is 12.2. The second-order valence-electron chi connectivity index (χ2n) is 5.75. The predicted molar refractivity (Wildman–Crippen MR) is 78.6 cm³/mol. The topological polar surface area (TPSA) is 71.6 Å². The van der Waals surface area contributed by atoms with E-state index in [4.69, 9.17) is 0 Å². The molecule has 0 radical (unpaired) electrons. The van der Waals surface area contributed by atoms with Crippen molar-refractivity contribution in [1.82, 2.24) is 19.5 Å². The molecule has 0 bridgehead atoms. The molecule has 7 heteroatoms. The zero-order chi connectivity index (χ0) is 14.5. The molecule has 0 saturated heterocycles. The Morgan fingerprint density at radius 2 is 2.30 bits per heavy atom. The van der Waals surface area contributed by atoms with Crippen LogP contribution in [0.25, 0.3) is 5.52 Å². The molecule has 0 aliphatic heterocycles. The number of nitrogens with one attached hydrogen (secondary N) is 1. The molecule has 2 N–H and O–H groups in total. The van der Waals surface area contributed by atoms with Gasteiger partial charge in [0.1, 0.15) is 11.3 Å².